The maximum atomic E-state index is 14.0. The van der Waals surface area contributed by atoms with Crippen molar-refractivity contribution in [1.82, 2.24) is 0 Å². The van der Waals surface area contributed by atoms with Crippen LogP contribution in [0, 0.1) is 0 Å². The molecule has 1 heterocycles. The average molecular weight is 437 g/mol. The second-order valence-electron chi connectivity index (χ2n) is 8.09. The topological polar surface area (TPSA) is 66.4 Å². The van der Waals surface area contributed by atoms with Gasteiger partial charge in [0.2, 0.25) is 5.79 Å². The lowest BCUT2D eigenvalue weighted by atomic mass is 9.92. The lowest BCUT2D eigenvalue weighted by molar-refractivity contribution is -0.369. The van der Waals surface area contributed by atoms with E-state index in [2.05, 4.69) is 27.7 Å². The monoisotopic (exact) mass is 436 g/mol. The third-order valence-electron chi connectivity index (χ3n) is 5.32. The SMILES string of the molecule is CCCCOCC1O[C@@](O)(CF)[C@H](OCCCC)C(OCCCC)[C@@H]1OCCCC. The fourth-order valence-corrected chi connectivity index (χ4v) is 3.41. The van der Waals surface area contributed by atoms with Gasteiger partial charge in [0.25, 0.3) is 0 Å². The Morgan fingerprint density at radius 2 is 1.27 bits per heavy atom. The number of rotatable bonds is 18. The Balaban J connectivity index is 3.05. The molecule has 5 atom stereocenters. The van der Waals surface area contributed by atoms with Crippen molar-refractivity contribution in [3.8, 4) is 0 Å². The minimum atomic E-state index is -2.08. The van der Waals surface area contributed by atoms with Gasteiger partial charge in [-0.25, -0.2) is 4.39 Å². The summed E-state index contributed by atoms with van der Waals surface area (Å²) in [5, 5.41) is 11.0. The van der Waals surface area contributed by atoms with Crippen LogP contribution in [-0.2, 0) is 23.7 Å². The van der Waals surface area contributed by atoms with Crippen LogP contribution >= 0.6 is 0 Å². The van der Waals surface area contributed by atoms with E-state index in [9.17, 15) is 9.50 Å². The molecule has 7 heteroatoms. The highest BCUT2D eigenvalue weighted by Gasteiger charge is 2.56. The van der Waals surface area contributed by atoms with Crippen molar-refractivity contribution in [3.05, 3.63) is 0 Å². The molecular formula is C23H45FO6. The molecule has 0 radical (unpaired) electrons. The Labute approximate surface area is 182 Å². The van der Waals surface area contributed by atoms with Gasteiger partial charge in [0, 0.05) is 26.4 Å². The summed E-state index contributed by atoms with van der Waals surface area (Å²) in [6.45, 7) is 9.49. The van der Waals surface area contributed by atoms with Crippen LogP contribution in [0.5, 0.6) is 0 Å². The Morgan fingerprint density at radius 1 is 0.767 bits per heavy atom. The first-order chi connectivity index (χ1) is 14.6. The third-order valence-corrected chi connectivity index (χ3v) is 5.32. The highest BCUT2D eigenvalue weighted by molar-refractivity contribution is 4.99. The first-order valence-electron chi connectivity index (χ1n) is 12.0. The van der Waals surface area contributed by atoms with Crippen LogP contribution in [0.3, 0.4) is 0 Å². The Kier molecular flexibility index (Phi) is 15.1. The number of hydrogen-bond donors (Lipinski definition) is 1. The average Bonchev–Trinajstić information content (AvgIpc) is 2.75. The van der Waals surface area contributed by atoms with Crippen LogP contribution in [0.1, 0.15) is 79.1 Å². The number of unbranched alkanes of at least 4 members (excludes halogenated alkanes) is 4. The van der Waals surface area contributed by atoms with Gasteiger partial charge >= 0.3 is 0 Å². The molecule has 180 valence electrons. The zero-order valence-electron chi connectivity index (χ0n) is 19.6. The quantitative estimate of drug-likeness (QED) is 0.321. The van der Waals surface area contributed by atoms with Crippen molar-refractivity contribution in [2.75, 3.05) is 39.7 Å². The predicted octanol–water partition coefficient (Wildman–Crippen LogP) is 4.42. The molecule has 6 nitrogen and oxygen atoms in total. The lowest BCUT2D eigenvalue weighted by Crippen LogP contribution is -2.68. The zero-order valence-corrected chi connectivity index (χ0v) is 19.6. The largest absolute Gasteiger partial charge is 0.379 e. The van der Waals surface area contributed by atoms with Crippen LogP contribution in [0.15, 0.2) is 0 Å². The Hall–Kier alpha value is -0.310. The normalized spacial score (nSPS) is 29.4. The van der Waals surface area contributed by atoms with Crippen molar-refractivity contribution >= 4 is 0 Å². The number of ether oxygens (including phenoxy) is 5. The van der Waals surface area contributed by atoms with Crippen LogP contribution in [-0.4, -0.2) is 75.0 Å². The molecule has 0 saturated carbocycles. The zero-order chi connectivity index (χ0) is 22.2. The molecule has 1 rings (SSSR count). The number of aliphatic hydroxyl groups is 1. The molecule has 30 heavy (non-hydrogen) atoms. The molecule has 0 bridgehead atoms. The van der Waals surface area contributed by atoms with E-state index < -0.39 is 36.9 Å². The molecule has 1 aliphatic heterocycles. The van der Waals surface area contributed by atoms with Crippen molar-refractivity contribution in [2.45, 2.75) is 109 Å². The standard InChI is InChI=1S/C23H45FO6/c1-5-9-13-26-17-19-20(27-14-10-6-2)21(28-15-11-7-3)22(29-16-12-8-4)23(25,18-24)30-19/h19-22,25H,5-18H2,1-4H3/t19?,20-,21?,22-,23+/m1/s1. The molecule has 0 spiro atoms. The molecule has 0 aromatic rings. The van der Waals surface area contributed by atoms with E-state index in [1.165, 1.54) is 0 Å². The smallest absolute Gasteiger partial charge is 0.224 e. The third kappa shape index (κ3) is 9.05. The second-order valence-corrected chi connectivity index (χ2v) is 8.09. The van der Waals surface area contributed by atoms with E-state index >= 15 is 0 Å². The van der Waals surface area contributed by atoms with E-state index in [4.69, 9.17) is 23.7 Å². The second kappa shape index (κ2) is 16.3. The summed E-state index contributed by atoms with van der Waals surface area (Å²) in [6, 6.07) is 0. The summed E-state index contributed by atoms with van der Waals surface area (Å²) in [5.74, 6) is -2.08. The molecule has 2 unspecified atom stereocenters. The van der Waals surface area contributed by atoms with Gasteiger partial charge in [-0.2, -0.15) is 0 Å². The van der Waals surface area contributed by atoms with E-state index in [1.54, 1.807) is 0 Å². The summed E-state index contributed by atoms with van der Waals surface area (Å²) in [4.78, 5) is 0. The van der Waals surface area contributed by atoms with Crippen molar-refractivity contribution in [2.24, 2.45) is 0 Å². The summed E-state index contributed by atoms with van der Waals surface area (Å²) < 4.78 is 43.9. The summed E-state index contributed by atoms with van der Waals surface area (Å²) >= 11 is 0. The van der Waals surface area contributed by atoms with Crippen molar-refractivity contribution < 1.29 is 33.2 Å². The summed E-state index contributed by atoms with van der Waals surface area (Å²) in [5.41, 5.74) is 0. The molecule has 0 aromatic heterocycles. The van der Waals surface area contributed by atoms with Gasteiger partial charge in [0.1, 0.15) is 31.1 Å². The molecular weight excluding hydrogens is 391 g/mol. The molecule has 0 aliphatic carbocycles. The molecule has 0 aromatic carbocycles. The molecule has 0 amide bonds. The molecule has 1 aliphatic rings. The summed E-state index contributed by atoms with van der Waals surface area (Å²) in [7, 11) is 0. The fourth-order valence-electron chi connectivity index (χ4n) is 3.41. The first-order valence-corrected chi connectivity index (χ1v) is 12.0. The van der Waals surface area contributed by atoms with E-state index in [-0.39, 0.29) is 6.61 Å². The molecule has 1 fully saturated rings. The number of halogens is 1. The van der Waals surface area contributed by atoms with Crippen LogP contribution < -0.4 is 0 Å². The minimum absolute atomic E-state index is 0.217. The van der Waals surface area contributed by atoms with Gasteiger partial charge in [-0.3, -0.25) is 0 Å². The van der Waals surface area contributed by atoms with Crippen molar-refractivity contribution in [1.29, 1.82) is 0 Å². The fraction of sp³-hybridized carbons (Fsp3) is 1.00. The highest BCUT2D eigenvalue weighted by atomic mass is 19.1. The molecule has 1 saturated heterocycles. The van der Waals surface area contributed by atoms with Gasteiger partial charge in [0.15, 0.2) is 0 Å². The predicted molar refractivity (Wildman–Crippen MR) is 115 cm³/mol. The maximum absolute atomic E-state index is 14.0. The highest BCUT2D eigenvalue weighted by Crippen LogP contribution is 2.35. The first kappa shape index (κ1) is 27.7. The summed E-state index contributed by atoms with van der Waals surface area (Å²) in [6.07, 6.45) is 4.74. The van der Waals surface area contributed by atoms with Gasteiger partial charge in [-0.05, 0) is 25.7 Å². The van der Waals surface area contributed by atoms with Crippen molar-refractivity contribution in [3.63, 3.8) is 0 Å². The molecule has 1 N–H and O–H groups in total. The van der Waals surface area contributed by atoms with Crippen LogP contribution in [0.4, 0.5) is 4.39 Å². The van der Waals surface area contributed by atoms with Gasteiger partial charge in [-0.15, -0.1) is 0 Å². The lowest BCUT2D eigenvalue weighted by Gasteiger charge is -2.49. The van der Waals surface area contributed by atoms with E-state index in [1.807, 2.05) is 0 Å². The van der Waals surface area contributed by atoms with Gasteiger partial charge < -0.3 is 28.8 Å². The Bertz CT molecular complexity index is 413. The number of alkyl halides is 1. The Morgan fingerprint density at radius 3 is 1.80 bits per heavy atom. The van der Waals surface area contributed by atoms with Crippen LogP contribution in [0.2, 0.25) is 0 Å². The van der Waals surface area contributed by atoms with Gasteiger partial charge in [0.05, 0.1) is 6.61 Å². The van der Waals surface area contributed by atoms with E-state index in [0.717, 1.165) is 51.4 Å². The minimum Gasteiger partial charge on any atom is -0.379 e. The maximum Gasteiger partial charge on any atom is 0.224 e. The van der Waals surface area contributed by atoms with E-state index in [0.29, 0.717) is 26.4 Å². The van der Waals surface area contributed by atoms with Crippen LogP contribution in [0.25, 0.3) is 0 Å². The number of hydrogen-bond acceptors (Lipinski definition) is 6. The van der Waals surface area contributed by atoms with Gasteiger partial charge in [-0.1, -0.05) is 53.4 Å².